The summed E-state index contributed by atoms with van der Waals surface area (Å²) in [7, 11) is -3.39. The molecule has 116 valence electrons. The Kier molecular flexibility index (Phi) is 4.67. The molecule has 2 heterocycles. The molecule has 1 aromatic carbocycles. The van der Waals surface area contributed by atoms with E-state index >= 15 is 0 Å². The zero-order chi connectivity index (χ0) is 15.6. The van der Waals surface area contributed by atoms with Crippen molar-refractivity contribution < 1.29 is 8.42 Å². The van der Waals surface area contributed by atoms with Gasteiger partial charge in [0.2, 0.25) is 10.0 Å². The largest absolute Gasteiger partial charge is 0.347 e. The van der Waals surface area contributed by atoms with Gasteiger partial charge in [-0.25, -0.2) is 13.1 Å². The van der Waals surface area contributed by atoms with Crippen molar-refractivity contribution in [2.75, 3.05) is 6.54 Å². The number of aromatic nitrogens is 1. The minimum atomic E-state index is -3.39. The van der Waals surface area contributed by atoms with E-state index in [9.17, 15) is 8.42 Å². The van der Waals surface area contributed by atoms with Crippen LogP contribution in [0.5, 0.6) is 0 Å². The molecular weight excluding hydrogens is 384 g/mol. The van der Waals surface area contributed by atoms with Gasteiger partial charge in [0.15, 0.2) is 0 Å². The van der Waals surface area contributed by atoms with Crippen LogP contribution in [0.3, 0.4) is 0 Å². The minimum absolute atomic E-state index is 0.339. The van der Waals surface area contributed by atoms with Gasteiger partial charge in [-0.15, -0.1) is 11.3 Å². The van der Waals surface area contributed by atoms with Crippen LogP contribution in [0, 0.1) is 0 Å². The van der Waals surface area contributed by atoms with E-state index in [0.29, 0.717) is 10.8 Å². The van der Waals surface area contributed by atoms with Crippen LogP contribution in [0.15, 0.2) is 56.7 Å². The fraction of sp³-hybridized carbons (Fsp3) is 0.200. The van der Waals surface area contributed by atoms with Gasteiger partial charge in [-0.05, 0) is 52.0 Å². The molecule has 3 rings (SSSR count). The summed E-state index contributed by atoms with van der Waals surface area (Å²) < 4.78 is 30.1. The van der Waals surface area contributed by atoms with E-state index in [4.69, 9.17) is 0 Å². The van der Waals surface area contributed by atoms with Crippen molar-refractivity contribution in [1.29, 1.82) is 0 Å². The first-order valence-electron chi connectivity index (χ1n) is 6.85. The smallest absolute Gasteiger partial charge is 0.250 e. The monoisotopic (exact) mass is 398 g/mol. The number of hydrogen-bond donors (Lipinski definition) is 1. The third kappa shape index (κ3) is 3.43. The summed E-state index contributed by atoms with van der Waals surface area (Å²) in [5.41, 5.74) is 1.17. The van der Waals surface area contributed by atoms with Crippen LogP contribution >= 0.6 is 27.3 Å². The number of hydrogen-bond acceptors (Lipinski definition) is 3. The summed E-state index contributed by atoms with van der Waals surface area (Å²) in [5, 5.41) is 1.20. The fourth-order valence-electron chi connectivity index (χ4n) is 2.30. The van der Waals surface area contributed by atoms with E-state index in [1.807, 2.05) is 18.3 Å². The van der Waals surface area contributed by atoms with Gasteiger partial charge >= 0.3 is 0 Å². The van der Waals surface area contributed by atoms with Crippen LogP contribution < -0.4 is 4.72 Å². The summed E-state index contributed by atoms with van der Waals surface area (Å²) >= 11 is 4.49. The Hall–Kier alpha value is -1.15. The number of nitrogens with zero attached hydrogens (tertiary/aromatic N) is 1. The zero-order valence-corrected chi connectivity index (χ0v) is 14.9. The lowest BCUT2D eigenvalue weighted by atomic mass is 10.2. The maximum atomic E-state index is 12.1. The van der Waals surface area contributed by atoms with Crippen molar-refractivity contribution in [2.45, 2.75) is 17.2 Å². The second-order valence-electron chi connectivity index (χ2n) is 4.88. The zero-order valence-electron chi connectivity index (χ0n) is 11.7. The molecule has 2 aromatic heterocycles. The van der Waals surface area contributed by atoms with E-state index < -0.39 is 10.0 Å². The van der Waals surface area contributed by atoms with E-state index in [-0.39, 0.29) is 0 Å². The molecule has 4 nitrogen and oxygen atoms in total. The third-order valence-electron chi connectivity index (χ3n) is 3.36. The number of fused-ring (bicyclic) bond motifs is 1. The Morgan fingerprint density at radius 2 is 1.95 bits per heavy atom. The average Bonchev–Trinajstić information content (AvgIpc) is 3.11. The Morgan fingerprint density at radius 3 is 2.73 bits per heavy atom. The lowest BCUT2D eigenvalue weighted by molar-refractivity contribution is 0.574. The van der Waals surface area contributed by atoms with Gasteiger partial charge in [0.1, 0.15) is 4.21 Å². The number of nitrogens with one attached hydrogen (secondary N) is 1. The van der Waals surface area contributed by atoms with Gasteiger partial charge in [-0.2, -0.15) is 0 Å². The van der Waals surface area contributed by atoms with Gasteiger partial charge in [-0.3, -0.25) is 0 Å². The summed E-state index contributed by atoms with van der Waals surface area (Å²) in [6.45, 7) is 1.20. The number of sulfonamides is 1. The van der Waals surface area contributed by atoms with Crippen LogP contribution in [0.2, 0.25) is 0 Å². The molecule has 0 unspecified atom stereocenters. The molecule has 0 atom stereocenters. The van der Waals surface area contributed by atoms with Crippen LogP contribution in [0.25, 0.3) is 10.9 Å². The van der Waals surface area contributed by atoms with Gasteiger partial charge in [0, 0.05) is 24.8 Å². The second kappa shape index (κ2) is 6.54. The standard InChI is InChI=1S/C15H15BrN2O2S2/c16-14-6-7-15(21-14)22(19,20)17-9-3-10-18-11-8-12-4-1-2-5-13(12)18/h1-2,4-8,11,17H,3,9-10H2. The molecule has 0 amide bonds. The number of benzene rings is 1. The van der Waals surface area contributed by atoms with Crippen molar-refractivity contribution in [3.8, 4) is 0 Å². The Bertz CT molecular complexity index is 884. The van der Waals surface area contributed by atoms with E-state index in [1.54, 1.807) is 12.1 Å². The molecule has 0 aliphatic carbocycles. The molecule has 0 saturated heterocycles. The normalized spacial score (nSPS) is 12.0. The topological polar surface area (TPSA) is 51.1 Å². The highest BCUT2D eigenvalue weighted by Crippen LogP contribution is 2.25. The quantitative estimate of drug-likeness (QED) is 0.641. The number of para-hydroxylation sites is 1. The molecule has 0 radical (unpaired) electrons. The molecule has 1 N–H and O–H groups in total. The molecule has 0 fully saturated rings. The molecule has 0 spiro atoms. The van der Waals surface area contributed by atoms with E-state index in [0.717, 1.165) is 16.8 Å². The molecule has 0 saturated carbocycles. The lowest BCUT2D eigenvalue weighted by Crippen LogP contribution is -2.24. The van der Waals surface area contributed by atoms with Crippen LogP contribution in [-0.4, -0.2) is 19.5 Å². The summed E-state index contributed by atoms with van der Waals surface area (Å²) in [6, 6.07) is 13.6. The first kappa shape index (κ1) is 15.7. The Labute approximate surface area is 142 Å². The number of rotatable bonds is 6. The maximum absolute atomic E-state index is 12.1. The molecule has 3 aromatic rings. The highest BCUT2D eigenvalue weighted by Gasteiger charge is 2.15. The summed E-state index contributed by atoms with van der Waals surface area (Å²) in [5.74, 6) is 0. The van der Waals surface area contributed by atoms with Gasteiger partial charge in [-0.1, -0.05) is 18.2 Å². The fourth-order valence-corrected chi connectivity index (χ4v) is 5.43. The second-order valence-corrected chi connectivity index (χ2v) is 9.33. The highest BCUT2D eigenvalue weighted by molar-refractivity contribution is 9.11. The third-order valence-corrected chi connectivity index (χ3v) is 6.94. The van der Waals surface area contributed by atoms with Crippen molar-refractivity contribution in [3.05, 3.63) is 52.4 Å². The maximum Gasteiger partial charge on any atom is 0.250 e. The Balaban J connectivity index is 1.58. The van der Waals surface area contributed by atoms with E-state index in [1.165, 1.54) is 22.2 Å². The minimum Gasteiger partial charge on any atom is -0.347 e. The van der Waals surface area contributed by atoms with E-state index in [2.05, 4.69) is 43.4 Å². The van der Waals surface area contributed by atoms with Gasteiger partial charge in [0.25, 0.3) is 0 Å². The van der Waals surface area contributed by atoms with Crippen molar-refractivity contribution in [1.82, 2.24) is 9.29 Å². The molecular formula is C15H15BrN2O2S2. The number of halogens is 1. The van der Waals surface area contributed by atoms with Crippen molar-refractivity contribution >= 4 is 48.2 Å². The highest BCUT2D eigenvalue weighted by atomic mass is 79.9. The number of thiophene rings is 1. The lowest BCUT2D eigenvalue weighted by Gasteiger charge is -2.07. The first-order chi connectivity index (χ1) is 10.6. The van der Waals surface area contributed by atoms with Crippen LogP contribution in [0.4, 0.5) is 0 Å². The molecule has 0 bridgehead atoms. The van der Waals surface area contributed by atoms with Gasteiger partial charge in [0.05, 0.1) is 3.79 Å². The average molecular weight is 399 g/mol. The van der Waals surface area contributed by atoms with Crippen LogP contribution in [-0.2, 0) is 16.6 Å². The van der Waals surface area contributed by atoms with Gasteiger partial charge < -0.3 is 4.57 Å². The SMILES string of the molecule is O=S(=O)(NCCCn1ccc2ccccc21)c1ccc(Br)s1. The summed E-state index contributed by atoms with van der Waals surface area (Å²) in [6.07, 6.45) is 2.78. The first-order valence-corrected chi connectivity index (χ1v) is 9.94. The molecule has 0 aliphatic heterocycles. The Morgan fingerprint density at radius 1 is 1.14 bits per heavy atom. The number of aryl methyl sites for hydroxylation is 1. The molecule has 7 heteroatoms. The molecule has 0 aliphatic rings. The van der Waals surface area contributed by atoms with Crippen molar-refractivity contribution in [3.63, 3.8) is 0 Å². The van der Waals surface area contributed by atoms with Crippen LogP contribution in [0.1, 0.15) is 6.42 Å². The summed E-state index contributed by atoms with van der Waals surface area (Å²) in [4.78, 5) is 0. The predicted octanol–water partition coefficient (Wildman–Crippen LogP) is 3.83. The molecule has 22 heavy (non-hydrogen) atoms. The predicted molar refractivity (Wildman–Crippen MR) is 93.8 cm³/mol. The van der Waals surface area contributed by atoms with Crippen molar-refractivity contribution in [2.24, 2.45) is 0 Å².